The van der Waals surface area contributed by atoms with Crippen molar-refractivity contribution in [2.24, 2.45) is 5.73 Å². The summed E-state index contributed by atoms with van der Waals surface area (Å²) in [6.07, 6.45) is 0. The Morgan fingerprint density at radius 1 is 1.40 bits per heavy atom. The number of nitrogen functional groups attached to an aromatic ring is 1. The van der Waals surface area contributed by atoms with Gasteiger partial charge in [0.15, 0.2) is 0 Å². The van der Waals surface area contributed by atoms with E-state index in [4.69, 9.17) is 15.9 Å². The molecule has 0 atom stereocenters. The second-order valence-electron chi connectivity index (χ2n) is 4.23. The van der Waals surface area contributed by atoms with Gasteiger partial charge in [0.1, 0.15) is 11.7 Å². The number of nitrogens with zero attached hydrogens (tertiary/aromatic N) is 1. The van der Waals surface area contributed by atoms with Gasteiger partial charge in [0, 0.05) is 13.1 Å². The summed E-state index contributed by atoms with van der Waals surface area (Å²) in [6.45, 7) is 1.19. The summed E-state index contributed by atoms with van der Waals surface area (Å²) in [5, 5.41) is 7.23. The highest BCUT2D eigenvalue weighted by Crippen LogP contribution is 2.17. The third kappa shape index (κ3) is 3.24. The van der Waals surface area contributed by atoms with E-state index >= 15 is 0 Å². The Bertz CT molecular complexity index is 614. The molecule has 1 aliphatic rings. The fourth-order valence-electron chi connectivity index (χ4n) is 1.80. The van der Waals surface area contributed by atoms with Gasteiger partial charge in [0.25, 0.3) is 0 Å². The van der Waals surface area contributed by atoms with Crippen LogP contribution in [0.2, 0.25) is 0 Å². The van der Waals surface area contributed by atoms with Crippen molar-refractivity contribution in [1.29, 1.82) is 5.41 Å². The maximum absolute atomic E-state index is 13.4. The highest BCUT2D eigenvalue weighted by molar-refractivity contribution is 7.90. The summed E-state index contributed by atoms with van der Waals surface area (Å²) in [6, 6.07) is 3.53. The molecule has 1 aliphatic heterocycles. The zero-order valence-corrected chi connectivity index (χ0v) is 11.4. The van der Waals surface area contributed by atoms with Crippen molar-refractivity contribution in [3.63, 3.8) is 0 Å². The van der Waals surface area contributed by atoms with Crippen LogP contribution in [0.25, 0.3) is 0 Å². The molecule has 1 aromatic rings. The van der Waals surface area contributed by atoms with E-state index in [9.17, 15) is 12.8 Å². The van der Waals surface area contributed by atoms with Gasteiger partial charge in [-0.2, -0.15) is 12.7 Å². The van der Waals surface area contributed by atoms with Crippen molar-refractivity contribution in [3.05, 3.63) is 29.6 Å². The van der Waals surface area contributed by atoms with E-state index in [0.29, 0.717) is 13.2 Å². The van der Waals surface area contributed by atoms with E-state index < -0.39 is 21.9 Å². The van der Waals surface area contributed by atoms with E-state index in [0.717, 1.165) is 6.07 Å². The van der Waals surface area contributed by atoms with Crippen LogP contribution in [0, 0.1) is 11.2 Å². The van der Waals surface area contributed by atoms with Crippen molar-refractivity contribution in [2.45, 2.75) is 0 Å². The molecule has 1 saturated heterocycles. The summed E-state index contributed by atoms with van der Waals surface area (Å²) in [4.78, 5) is 0. The summed E-state index contributed by atoms with van der Waals surface area (Å²) in [5.41, 5.74) is 5.24. The van der Waals surface area contributed by atoms with E-state index in [1.807, 2.05) is 0 Å². The predicted molar refractivity (Wildman–Crippen MR) is 72.4 cm³/mol. The van der Waals surface area contributed by atoms with Crippen molar-refractivity contribution >= 4 is 21.7 Å². The molecule has 0 radical (unpaired) electrons. The average molecular weight is 302 g/mol. The molecule has 1 fully saturated rings. The molecular weight excluding hydrogens is 287 g/mol. The van der Waals surface area contributed by atoms with Crippen LogP contribution in [-0.4, -0.2) is 44.9 Å². The Kier molecular flexibility index (Phi) is 4.21. The van der Waals surface area contributed by atoms with Gasteiger partial charge in [-0.25, -0.2) is 4.39 Å². The summed E-state index contributed by atoms with van der Waals surface area (Å²) in [7, 11) is -3.72. The molecule has 0 aliphatic carbocycles. The van der Waals surface area contributed by atoms with E-state index in [1.165, 1.54) is 16.4 Å². The lowest BCUT2D eigenvalue weighted by Gasteiger charge is -2.26. The standard InChI is InChI=1S/C11H15FN4O3S/c12-10-2-1-8(7-9(10)11(13)14)15-20(17,18)16-3-5-19-6-4-16/h1-2,7,15H,3-6H2,(H3,13,14). The van der Waals surface area contributed by atoms with Crippen LogP contribution in [-0.2, 0) is 14.9 Å². The number of nitrogens with two attached hydrogens (primary N) is 1. The maximum Gasteiger partial charge on any atom is 0.301 e. The molecule has 110 valence electrons. The number of hydrogen-bond acceptors (Lipinski definition) is 4. The van der Waals surface area contributed by atoms with Gasteiger partial charge in [0.05, 0.1) is 24.5 Å². The molecule has 9 heteroatoms. The minimum Gasteiger partial charge on any atom is -0.384 e. The normalized spacial score (nSPS) is 16.9. The molecule has 0 spiro atoms. The molecule has 7 nitrogen and oxygen atoms in total. The number of amidine groups is 1. The second kappa shape index (κ2) is 5.73. The van der Waals surface area contributed by atoms with Crippen LogP contribution in [0.4, 0.5) is 10.1 Å². The van der Waals surface area contributed by atoms with Crippen molar-refractivity contribution in [2.75, 3.05) is 31.0 Å². The third-order valence-corrected chi connectivity index (χ3v) is 4.35. The molecule has 0 amide bonds. The summed E-state index contributed by atoms with van der Waals surface area (Å²) in [5.74, 6) is -1.14. The first-order chi connectivity index (χ1) is 9.40. The zero-order chi connectivity index (χ0) is 14.8. The minimum atomic E-state index is -3.72. The average Bonchev–Trinajstić information content (AvgIpc) is 2.41. The first-order valence-corrected chi connectivity index (χ1v) is 7.34. The predicted octanol–water partition coefficient (Wildman–Crippen LogP) is 0.0987. The minimum absolute atomic E-state index is 0.146. The SMILES string of the molecule is N=C(N)c1cc(NS(=O)(=O)N2CCOCC2)ccc1F. The van der Waals surface area contributed by atoms with Gasteiger partial charge >= 0.3 is 10.2 Å². The third-order valence-electron chi connectivity index (χ3n) is 2.81. The largest absolute Gasteiger partial charge is 0.384 e. The number of halogens is 1. The van der Waals surface area contributed by atoms with Gasteiger partial charge in [-0.15, -0.1) is 0 Å². The van der Waals surface area contributed by atoms with Crippen molar-refractivity contribution in [3.8, 4) is 0 Å². The van der Waals surface area contributed by atoms with Crippen LogP contribution in [0.5, 0.6) is 0 Å². The van der Waals surface area contributed by atoms with Crippen LogP contribution in [0.3, 0.4) is 0 Å². The van der Waals surface area contributed by atoms with Gasteiger partial charge in [0.2, 0.25) is 0 Å². The molecule has 2 rings (SSSR count). The van der Waals surface area contributed by atoms with E-state index in [1.54, 1.807) is 0 Å². The number of benzene rings is 1. The summed E-state index contributed by atoms with van der Waals surface area (Å²) >= 11 is 0. The summed E-state index contributed by atoms with van der Waals surface area (Å²) < 4.78 is 46.2. The Morgan fingerprint density at radius 2 is 2.05 bits per heavy atom. The molecule has 20 heavy (non-hydrogen) atoms. The van der Waals surface area contributed by atoms with Crippen molar-refractivity contribution in [1.82, 2.24) is 4.31 Å². The van der Waals surface area contributed by atoms with Gasteiger partial charge in [-0.1, -0.05) is 0 Å². The highest BCUT2D eigenvalue weighted by Gasteiger charge is 2.24. The molecule has 0 aromatic heterocycles. The lowest BCUT2D eigenvalue weighted by Crippen LogP contribution is -2.43. The fourth-order valence-corrected chi connectivity index (χ4v) is 2.98. The first-order valence-electron chi connectivity index (χ1n) is 5.90. The van der Waals surface area contributed by atoms with E-state index in [-0.39, 0.29) is 24.3 Å². The lowest BCUT2D eigenvalue weighted by molar-refractivity contribution is 0.0733. The van der Waals surface area contributed by atoms with Crippen LogP contribution in [0.15, 0.2) is 18.2 Å². The molecule has 1 aromatic carbocycles. The number of hydrogen-bond donors (Lipinski definition) is 3. The molecule has 0 saturated carbocycles. The number of anilines is 1. The quantitative estimate of drug-likeness (QED) is 0.541. The van der Waals surface area contributed by atoms with Gasteiger partial charge < -0.3 is 10.5 Å². The molecule has 0 unspecified atom stereocenters. The van der Waals surface area contributed by atoms with Crippen LogP contribution < -0.4 is 10.5 Å². The van der Waals surface area contributed by atoms with Crippen molar-refractivity contribution < 1.29 is 17.5 Å². The number of nitrogens with one attached hydrogen (secondary N) is 2. The lowest BCUT2D eigenvalue weighted by atomic mass is 10.2. The topological polar surface area (TPSA) is 109 Å². The van der Waals surface area contributed by atoms with Crippen LogP contribution in [0.1, 0.15) is 5.56 Å². The van der Waals surface area contributed by atoms with E-state index in [2.05, 4.69) is 4.72 Å². The maximum atomic E-state index is 13.4. The Labute approximate surface area is 116 Å². The zero-order valence-electron chi connectivity index (χ0n) is 10.6. The highest BCUT2D eigenvalue weighted by atomic mass is 32.2. The second-order valence-corrected chi connectivity index (χ2v) is 5.90. The Morgan fingerprint density at radius 3 is 2.65 bits per heavy atom. The van der Waals surface area contributed by atoms with Crippen LogP contribution >= 0.6 is 0 Å². The Balaban J connectivity index is 2.20. The number of ether oxygens (including phenoxy) is 1. The fraction of sp³-hybridized carbons (Fsp3) is 0.364. The van der Waals surface area contributed by atoms with Gasteiger partial charge in [-0.05, 0) is 18.2 Å². The number of rotatable bonds is 4. The molecule has 0 bridgehead atoms. The van der Waals surface area contributed by atoms with Gasteiger partial charge in [-0.3, -0.25) is 10.1 Å². The monoisotopic (exact) mass is 302 g/mol. The Hall–Kier alpha value is -1.71. The molecular formula is C11H15FN4O3S. The number of morpholine rings is 1. The molecule has 1 heterocycles. The smallest absolute Gasteiger partial charge is 0.301 e. The first kappa shape index (κ1) is 14.7. The molecule has 4 N–H and O–H groups in total.